The largest absolute Gasteiger partial charge is 0.416 e. The Labute approximate surface area is 115 Å². The monoisotopic (exact) mass is 284 g/mol. The molecule has 0 atom stereocenters. The van der Waals surface area contributed by atoms with E-state index in [-0.39, 0.29) is 30.0 Å². The fraction of sp³-hybridized carbons (Fsp3) is 0.429. The quantitative estimate of drug-likeness (QED) is 0.861. The van der Waals surface area contributed by atoms with Crippen molar-refractivity contribution in [1.29, 1.82) is 5.26 Å². The second-order valence-corrected chi connectivity index (χ2v) is 4.62. The topological polar surface area (TPSA) is 52.9 Å². The van der Waals surface area contributed by atoms with Crippen molar-refractivity contribution >= 4 is 5.91 Å². The van der Waals surface area contributed by atoms with Gasteiger partial charge in [0.2, 0.25) is 0 Å². The molecule has 0 unspecified atom stereocenters. The lowest BCUT2D eigenvalue weighted by atomic mass is 9.94. The van der Waals surface area contributed by atoms with Gasteiger partial charge < -0.3 is 5.32 Å². The second kappa shape index (κ2) is 6.42. The van der Waals surface area contributed by atoms with Crippen molar-refractivity contribution in [3.05, 3.63) is 34.9 Å². The van der Waals surface area contributed by atoms with E-state index in [2.05, 4.69) is 5.32 Å². The van der Waals surface area contributed by atoms with E-state index >= 15 is 0 Å². The average molecular weight is 284 g/mol. The van der Waals surface area contributed by atoms with Crippen LogP contribution in [0.1, 0.15) is 47.7 Å². The molecular weight excluding hydrogens is 269 g/mol. The number of nitrogens with one attached hydrogen (secondary N) is 1. The first-order valence-corrected chi connectivity index (χ1v) is 6.13. The molecule has 0 heterocycles. The number of halogens is 3. The molecule has 20 heavy (non-hydrogen) atoms. The maximum Gasteiger partial charge on any atom is 0.416 e. The molecule has 0 aliphatic rings. The minimum absolute atomic E-state index is 0.0559. The standard InChI is InChI=1S/C14H15F3N2O/c1-9(2)11-5-4-10(8-12(11)14(15,16)17)13(20)19-7-3-6-18/h4-5,8-9H,3,7H2,1-2H3,(H,19,20). The summed E-state index contributed by atoms with van der Waals surface area (Å²) < 4.78 is 39.0. The molecule has 0 aliphatic carbocycles. The van der Waals surface area contributed by atoms with Gasteiger partial charge in [0, 0.05) is 12.1 Å². The molecule has 1 aromatic rings. The molecule has 1 rings (SSSR count). The summed E-state index contributed by atoms with van der Waals surface area (Å²) in [4.78, 5) is 11.7. The number of carbonyl (C=O) groups excluding carboxylic acids is 1. The number of hydrogen-bond acceptors (Lipinski definition) is 2. The number of alkyl halides is 3. The summed E-state index contributed by atoms with van der Waals surface area (Å²) in [5, 5.41) is 10.7. The predicted molar refractivity (Wildman–Crippen MR) is 68.1 cm³/mol. The van der Waals surface area contributed by atoms with Crippen molar-refractivity contribution in [3.63, 3.8) is 0 Å². The highest BCUT2D eigenvalue weighted by Crippen LogP contribution is 2.35. The molecule has 0 aliphatic heterocycles. The maximum absolute atomic E-state index is 13.0. The van der Waals surface area contributed by atoms with Crippen LogP contribution in [0.15, 0.2) is 18.2 Å². The summed E-state index contributed by atoms with van der Waals surface area (Å²) in [6, 6.07) is 5.39. The molecule has 0 saturated carbocycles. The number of amides is 1. The van der Waals surface area contributed by atoms with Crippen LogP contribution in [0.3, 0.4) is 0 Å². The van der Waals surface area contributed by atoms with Crippen LogP contribution in [0, 0.1) is 11.3 Å². The zero-order valence-corrected chi connectivity index (χ0v) is 11.2. The first-order valence-electron chi connectivity index (χ1n) is 6.13. The molecule has 1 aromatic carbocycles. The minimum Gasteiger partial charge on any atom is -0.351 e. The fourth-order valence-corrected chi connectivity index (χ4v) is 1.78. The first kappa shape index (κ1) is 16.0. The van der Waals surface area contributed by atoms with E-state index in [1.807, 2.05) is 6.07 Å². The Morgan fingerprint density at radius 2 is 2.05 bits per heavy atom. The van der Waals surface area contributed by atoms with Crippen LogP contribution in [0.4, 0.5) is 13.2 Å². The lowest BCUT2D eigenvalue weighted by Crippen LogP contribution is -2.25. The van der Waals surface area contributed by atoms with Gasteiger partial charge in [0.05, 0.1) is 18.1 Å². The third-order valence-corrected chi connectivity index (χ3v) is 2.77. The van der Waals surface area contributed by atoms with Gasteiger partial charge in [-0.3, -0.25) is 4.79 Å². The van der Waals surface area contributed by atoms with Crippen molar-refractivity contribution in [1.82, 2.24) is 5.32 Å². The third-order valence-electron chi connectivity index (χ3n) is 2.77. The number of nitriles is 1. The van der Waals surface area contributed by atoms with Crippen LogP contribution in [0.2, 0.25) is 0 Å². The smallest absolute Gasteiger partial charge is 0.351 e. The number of benzene rings is 1. The summed E-state index contributed by atoms with van der Waals surface area (Å²) in [5.41, 5.74) is -0.689. The van der Waals surface area contributed by atoms with Crippen LogP contribution < -0.4 is 5.32 Å². The Bertz CT molecular complexity index is 530. The molecule has 1 N–H and O–H groups in total. The van der Waals surface area contributed by atoms with E-state index in [1.165, 1.54) is 12.1 Å². The molecule has 6 heteroatoms. The van der Waals surface area contributed by atoms with Gasteiger partial charge in [0.25, 0.3) is 5.91 Å². The van der Waals surface area contributed by atoms with E-state index < -0.39 is 17.6 Å². The van der Waals surface area contributed by atoms with Crippen LogP contribution in [0.5, 0.6) is 0 Å². The molecule has 0 radical (unpaired) electrons. The Morgan fingerprint density at radius 3 is 2.55 bits per heavy atom. The van der Waals surface area contributed by atoms with Gasteiger partial charge in [-0.15, -0.1) is 0 Å². The maximum atomic E-state index is 13.0. The number of carbonyl (C=O) groups is 1. The fourth-order valence-electron chi connectivity index (χ4n) is 1.78. The summed E-state index contributed by atoms with van der Waals surface area (Å²) in [7, 11) is 0. The summed E-state index contributed by atoms with van der Waals surface area (Å²) in [6.07, 6.45) is -4.38. The Morgan fingerprint density at radius 1 is 1.40 bits per heavy atom. The third kappa shape index (κ3) is 3.98. The van der Waals surface area contributed by atoms with E-state index in [9.17, 15) is 18.0 Å². The SMILES string of the molecule is CC(C)c1ccc(C(=O)NCCC#N)cc1C(F)(F)F. The second-order valence-electron chi connectivity index (χ2n) is 4.62. The first-order chi connectivity index (χ1) is 9.27. The summed E-state index contributed by atoms with van der Waals surface area (Å²) >= 11 is 0. The van der Waals surface area contributed by atoms with E-state index in [4.69, 9.17) is 5.26 Å². The van der Waals surface area contributed by atoms with E-state index in [0.717, 1.165) is 6.07 Å². The van der Waals surface area contributed by atoms with Gasteiger partial charge >= 0.3 is 6.18 Å². The van der Waals surface area contributed by atoms with Gasteiger partial charge in [0.1, 0.15) is 0 Å². The normalized spacial score (nSPS) is 11.2. The highest BCUT2D eigenvalue weighted by molar-refractivity contribution is 5.94. The zero-order valence-electron chi connectivity index (χ0n) is 11.2. The average Bonchev–Trinajstić information content (AvgIpc) is 2.37. The van der Waals surface area contributed by atoms with Gasteiger partial charge in [-0.05, 0) is 23.6 Å². The van der Waals surface area contributed by atoms with Gasteiger partial charge in [-0.1, -0.05) is 19.9 Å². The van der Waals surface area contributed by atoms with Crippen LogP contribution in [-0.4, -0.2) is 12.5 Å². The molecule has 0 saturated heterocycles. The molecule has 0 fully saturated rings. The zero-order chi connectivity index (χ0) is 15.3. The Balaban J connectivity index is 3.07. The van der Waals surface area contributed by atoms with Crippen molar-refractivity contribution in [2.24, 2.45) is 0 Å². The number of nitrogens with zero attached hydrogens (tertiary/aromatic N) is 1. The van der Waals surface area contributed by atoms with Crippen LogP contribution in [-0.2, 0) is 6.18 Å². The van der Waals surface area contributed by atoms with Crippen molar-refractivity contribution in [3.8, 4) is 6.07 Å². The molecule has 0 spiro atoms. The van der Waals surface area contributed by atoms with Crippen molar-refractivity contribution < 1.29 is 18.0 Å². The van der Waals surface area contributed by atoms with Crippen LogP contribution in [0.25, 0.3) is 0 Å². The lowest BCUT2D eigenvalue weighted by molar-refractivity contribution is -0.138. The molecule has 108 valence electrons. The van der Waals surface area contributed by atoms with Crippen LogP contribution >= 0.6 is 0 Å². The van der Waals surface area contributed by atoms with Gasteiger partial charge in [0.15, 0.2) is 0 Å². The van der Waals surface area contributed by atoms with Gasteiger partial charge in [-0.25, -0.2) is 0 Å². The van der Waals surface area contributed by atoms with Gasteiger partial charge in [-0.2, -0.15) is 18.4 Å². The number of hydrogen-bond donors (Lipinski definition) is 1. The molecule has 3 nitrogen and oxygen atoms in total. The van der Waals surface area contributed by atoms with E-state index in [0.29, 0.717) is 0 Å². The molecular formula is C14H15F3N2O. The lowest BCUT2D eigenvalue weighted by Gasteiger charge is -2.16. The predicted octanol–water partition coefficient (Wildman–Crippen LogP) is 3.47. The Kier molecular flexibility index (Phi) is 5.14. The minimum atomic E-state index is -4.50. The Hall–Kier alpha value is -2.03. The van der Waals surface area contributed by atoms with Crippen molar-refractivity contribution in [2.75, 3.05) is 6.54 Å². The van der Waals surface area contributed by atoms with E-state index in [1.54, 1.807) is 13.8 Å². The highest BCUT2D eigenvalue weighted by atomic mass is 19.4. The molecule has 0 bridgehead atoms. The molecule has 0 aromatic heterocycles. The molecule has 1 amide bonds. The summed E-state index contributed by atoms with van der Waals surface area (Å²) in [6.45, 7) is 3.44. The summed E-state index contributed by atoms with van der Waals surface area (Å²) in [5.74, 6) is -0.900. The number of rotatable bonds is 4. The van der Waals surface area contributed by atoms with Crippen molar-refractivity contribution in [2.45, 2.75) is 32.4 Å². The highest BCUT2D eigenvalue weighted by Gasteiger charge is 2.34.